The van der Waals surface area contributed by atoms with Gasteiger partial charge in [-0.25, -0.2) is 4.79 Å². The highest BCUT2D eigenvalue weighted by Gasteiger charge is 2.42. The number of rotatable bonds is 12. The molecule has 0 aliphatic carbocycles. The molecule has 2 aromatic carbocycles. The van der Waals surface area contributed by atoms with E-state index in [1.54, 1.807) is 6.07 Å². The summed E-state index contributed by atoms with van der Waals surface area (Å²) in [5, 5.41) is 8.89. The number of thioether (sulfide) groups is 1. The van der Waals surface area contributed by atoms with Gasteiger partial charge in [0.25, 0.3) is 0 Å². The fourth-order valence-electron chi connectivity index (χ4n) is 4.87. The maximum Gasteiger partial charge on any atom is 0.368 e. The zero-order valence-corrected chi connectivity index (χ0v) is 23.4. The Hall–Kier alpha value is -2.20. The van der Waals surface area contributed by atoms with Crippen LogP contribution < -0.4 is 9.64 Å². The highest BCUT2D eigenvalue weighted by molar-refractivity contribution is 8.24. The summed E-state index contributed by atoms with van der Waals surface area (Å²) in [5.74, 6) is -2.04. The van der Waals surface area contributed by atoms with Gasteiger partial charge in [0.2, 0.25) is 5.83 Å². The molecule has 0 saturated carbocycles. The Balaban J connectivity index is 2.23. The summed E-state index contributed by atoms with van der Waals surface area (Å²) in [4.78, 5) is 14.1. The fraction of sp³-hybridized carbons (Fsp3) is 0.464. The molecule has 1 heterocycles. The third kappa shape index (κ3) is 7.22. The topological polar surface area (TPSA) is 90.2 Å². The summed E-state index contributed by atoms with van der Waals surface area (Å²) in [6.45, 7) is 6.90. The van der Waals surface area contributed by atoms with E-state index in [1.807, 2.05) is 43.3 Å². The Bertz CT molecular complexity index is 1090. The molecule has 3 N–H and O–H groups in total. The van der Waals surface area contributed by atoms with Crippen molar-refractivity contribution in [1.82, 2.24) is 0 Å². The smallest absolute Gasteiger partial charge is 0.368 e. The standard InChI is InChI=1S/C28H38FNO5S2/c1-4-7-14-28(15-8-5-2)19-30(21-12-10-9-11-13-21)23-16-25(36-6-3)24(35-18-22(29)27(31)32)17-26(23)37(33,34)20-28/h9-13,16-18,33-34H,4-8,14-15,19-20H2,1-3H3,(H,31,32). The quantitative estimate of drug-likeness (QED) is 0.138. The van der Waals surface area contributed by atoms with Gasteiger partial charge >= 0.3 is 5.97 Å². The predicted molar refractivity (Wildman–Crippen MR) is 151 cm³/mol. The molecule has 3 rings (SSSR count). The van der Waals surface area contributed by atoms with E-state index >= 15 is 0 Å². The zero-order valence-electron chi connectivity index (χ0n) is 21.8. The van der Waals surface area contributed by atoms with Gasteiger partial charge in [-0.15, -0.1) is 11.8 Å². The first kappa shape index (κ1) is 29.4. The van der Waals surface area contributed by atoms with E-state index in [4.69, 9.17) is 9.84 Å². The predicted octanol–water partition coefficient (Wildman–Crippen LogP) is 8.70. The summed E-state index contributed by atoms with van der Waals surface area (Å²) in [5.41, 5.74) is 1.33. The van der Waals surface area contributed by atoms with Gasteiger partial charge < -0.3 is 14.7 Å². The van der Waals surface area contributed by atoms with Crippen molar-refractivity contribution in [2.24, 2.45) is 5.41 Å². The van der Waals surface area contributed by atoms with Crippen molar-refractivity contribution in [2.45, 2.75) is 69.1 Å². The van der Waals surface area contributed by atoms with Crippen LogP contribution in [0.15, 0.2) is 64.3 Å². The maximum atomic E-state index is 13.7. The van der Waals surface area contributed by atoms with Crippen molar-refractivity contribution in [2.75, 3.05) is 23.0 Å². The number of hydrogen-bond acceptors (Lipinski definition) is 6. The summed E-state index contributed by atoms with van der Waals surface area (Å²) in [6.07, 6.45) is 6.32. The van der Waals surface area contributed by atoms with Crippen LogP contribution >= 0.6 is 22.4 Å². The van der Waals surface area contributed by atoms with E-state index in [1.165, 1.54) is 11.8 Å². The highest BCUT2D eigenvalue weighted by atomic mass is 32.3. The second-order valence-corrected chi connectivity index (χ2v) is 12.9. The van der Waals surface area contributed by atoms with E-state index in [9.17, 15) is 18.3 Å². The van der Waals surface area contributed by atoms with Crippen LogP contribution in [0, 0.1) is 5.41 Å². The Morgan fingerprint density at radius 2 is 1.78 bits per heavy atom. The molecule has 1 aliphatic heterocycles. The Morgan fingerprint density at radius 3 is 2.35 bits per heavy atom. The maximum absolute atomic E-state index is 13.7. The number of hydrogen-bond donors (Lipinski definition) is 3. The molecule has 9 heteroatoms. The third-order valence-electron chi connectivity index (χ3n) is 6.65. The van der Waals surface area contributed by atoms with Gasteiger partial charge in [-0.2, -0.15) is 15.0 Å². The number of anilines is 2. The van der Waals surface area contributed by atoms with Gasteiger partial charge in [-0.05, 0) is 36.8 Å². The lowest BCUT2D eigenvalue weighted by molar-refractivity contribution is -0.134. The average molecular weight is 552 g/mol. The van der Waals surface area contributed by atoms with E-state index < -0.39 is 22.4 Å². The minimum Gasteiger partial charge on any atom is -0.476 e. The summed E-state index contributed by atoms with van der Waals surface area (Å²) in [6, 6.07) is 13.4. The lowest BCUT2D eigenvalue weighted by Gasteiger charge is -2.42. The van der Waals surface area contributed by atoms with E-state index in [0.29, 0.717) is 34.0 Å². The first-order valence-corrected chi connectivity index (χ1v) is 15.5. The Kier molecular flexibility index (Phi) is 10.3. The van der Waals surface area contributed by atoms with Gasteiger partial charge in [0.1, 0.15) is 12.0 Å². The number of carboxylic acids is 1. The van der Waals surface area contributed by atoms with E-state index in [-0.39, 0.29) is 16.9 Å². The van der Waals surface area contributed by atoms with Crippen molar-refractivity contribution in [3.8, 4) is 5.75 Å². The lowest BCUT2D eigenvalue weighted by Crippen LogP contribution is -2.37. The summed E-state index contributed by atoms with van der Waals surface area (Å²) in [7, 11) is -3.26. The van der Waals surface area contributed by atoms with E-state index in [2.05, 4.69) is 18.7 Å². The number of benzene rings is 2. The van der Waals surface area contributed by atoms with Crippen LogP contribution in [-0.2, 0) is 4.79 Å². The summed E-state index contributed by atoms with van der Waals surface area (Å²) < 4.78 is 42.6. The lowest BCUT2D eigenvalue weighted by atomic mass is 9.79. The minimum atomic E-state index is -3.26. The number of nitrogens with zero attached hydrogens (tertiary/aromatic N) is 1. The normalized spacial score (nSPS) is 17.6. The molecular formula is C28H38FNO5S2. The van der Waals surface area contributed by atoms with Crippen molar-refractivity contribution < 1.29 is 28.1 Å². The molecule has 2 aromatic rings. The number of para-hydroxylation sites is 1. The largest absolute Gasteiger partial charge is 0.476 e. The Morgan fingerprint density at radius 1 is 1.14 bits per heavy atom. The number of unbranched alkanes of at least 4 members (excludes halogenated alkanes) is 2. The second kappa shape index (κ2) is 13.0. The van der Waals surface area contributed by atoms with Crippen LogP contribution in [0.25, 0.3) is 0 Å². The number of ether oxygens (including phenoxy) is 1. The molecule has 0 aromatic heterocycles. The molecule has 0 fully saturated rings. The summed E-state index contributed by atoms with van der Waals surface area (Å²) >= 11 is 1.46. The average Bonchev–Trinajstić information content (AvgIpc) is 2.97. The monoisotopic (exact) mass is 551 g/mol. The molecule has 0 unspecified atom stereocenters. The molecule has 0 radical (unpaired) electrons. The first-order valence-electron chi connectivity index (χ1n) is 12.8. The molecule has 0 atom stereocenters. The minimum absolute atomic E-state index is 0.199. The molecule has 204 valence electrons. The molecule has 0 saturated heterocycles. The molecule has 0 amide bonds. The van der Waals surface area contributed by atoms with Crippen molar-refractivity contribution in [1.29, 1.82) is 0 Å². The van der Waals surface area contributed by atoms with Crippen LogP contribution in [-0.4, -0.2) is 38.2 Å². The van der Waals surface area contributed by atoms with Crippen LogP contribution in [0.1, 0.15) is 59.3 Å². The fourth-order valence-corrected chi connectivity index (χ4v) is 7.81. The van der Waals surface area contributed by atoms with Crippen LogP contribution in [0.3, 0.4) is 0 Å². The zero-order chi connectivity index (χ0) is 27.1. The van der Waals surface area contributed by atoms with Crippen molar-refractivity contribution >= 4 is 39.7 Å². The Labute approximate surface area is 225 Å². The number of aliphatic carboxylic acids is 1. The SMILES string of the molecule is CCCCC1(CCCC)CN(c2ccccc2)c2cc(SCC)c(OC=C(F)C(=O)O)cc2S(O)(O)C1. The molecular weight excluding hydrogens is 513 g/mol. The molecule has 0 bridgehead atoms. The molecule has 0 spiro atoms. The third-order valence-corrected chi connectivity index (χ3v) is 9.62. The number of carboxylic acid groups (broad SMARTS) is 1. The highest BCUT2D eigenvalue weighted by Crippen LogP contribution is 2.62. The van der Waals surface area contributed by atoms with Gasteiger partial charge in [-0.1, -0.05) is 64.7 Å². The number of fused-ring (bicyclic) bond motifs is 1. The van der Waals surface area contributed by atoms with E-state index in [0.717, 1.165) is 44.2 Å². The molecule has 1 aliphatic rings. The van der Waals surface area contributed by atoms with Crippen LogP contribution in [0.5, 0.6) is 5.75 Å². The van der Waals surface area contributed by atoms with Gasteiger partial charge in [0.15, 0.2) is 0 Å². The van der Waals surface area contributed by atoms with Crippen molar-refractivity contribution in [3.63, 3.8) is 0 Å². The second-order valence-electron chi connectivity index (χ2n) is 9.53. The number of carbonyl (C=O) groups is 1. The number of halogens is 1. The van der Waals surface area contributed by atoms with Gasteiger partial charge in [0, 0.05) is 29.5 Å². The van der Waals surface area contributed by atoms with Crippen LogP contribution in [0.2, 0.25) is 0 Å². The molecule has 37 heavy (non-hydrogen) atoms. The van der Waals surface area contributed by atoms with Crippen molar-refractivity contribution in [3.05, 3.63) is 54.6 Å². The van der Waals surface area contributed by atoms with Crippen LogP contribution in [0.4, 0.5) is 15.8 Å². The van der Waals surface area contributed by atoms with Gasteiger partial charge in [0.05, 0.1) is 15.5 Å². The van der Waals surface area contributed by atoms with Gasteiger partial charge in [-0.3, -0.25) is 9.11 Å². The first-order chi connectivity index (χ1) is 17.7. The molecule has 6 nitrogen and oxygen atoms in total.